The number of amides is 2. The van der Waals surface area contributed by atoms with E-state index in [0.29, 0.717) is 26.3 Å². The van der Waals surface area contributed by atoms with Gasteiger partial charge < -0.3 is 10.1 Å². The van der Waals surface area contributed by atoms with Crippen LogP contribution in [0.25, 0.3) is 0 Å². The van der Waals surface area contributed by atoms with Crippen molar-refractivity contribution in [3.8, 4) is 0 Å². The Bertz CT molecular complexity index is 774. The summed E-state index contributed by atoms with van der Waals surface area (Å²) in [6.07, 6.45) is 0. The van der Waals surface area contributed by atoms with Crippen molar-refractivity contribution in [2.24, 2.45) is 0 Å². The molecule has 0 saturated carbocycles. The fraction of sp³-hybridized carbons (Fsp3) is 0.200. The first-order valence-electron chi connectivity index (χ1n) is 6.54. The number of nitrogens with one attached hydrogen (secondary N) is 2. The van der Waals surface area contributed by atoms with E-state index in [1.54, 1.807) is 19.1 Å². The van der Waals surface area contributed by atoms with Gasteiger partial charge in [0.15, 0.2) is 0 Å². The van der Waals surface area contributed by atoms with Crippen molar-refractivity contribution in [1.29, 1.82) is 0 Å². The maximum absolute atomic E-state index is 12.1. The lowest BCUT2D eigenvalue weighted by Crippen LogP contribution is -2.20. The topological polar surface area (TPSA) is 67.4 Å². The van der Waals surface area contributed by atoms with Gasteiger partial charge in [0.25, 0.3) is 0 Å². The Balaban J connectivity index is 2.18. The first kappa shape index (κ1) is 17.6. The zero-order valence-corrected chi connectivity index (χ0v) is 14.9. The van der Waals surface area contributed by atoms with Crippen LogP contribution < -0.4 is 10.6 Å². The third kappa shape index (κ3) is 3.96. The van der Waals surface area contributed by atoms with Gasteiger partial charge in [-0.25, -0.2) is 9.59 Å². The molecule has 0 saturated heterocycles. The monoisotopic (exact) mass is 372 g/mol. The van der Waals surface area contributed by atoms with Gasteiger partial charge in [0.05, 0.1) is 22.7 Å². The molecular weight excluding hydrogens is 359 g/mol. The van der Waals surface area contributed by atoms with E-state index in [4.69, 9.17) is 27.9 Å². The van der Waals surface area contributed by atoms with Crippen LogP contribution in [0.5, 0.6) is 0 Å². The summed E-state index contributed by atoms with van der Waals surface area (Å²) < 4.78 is 4.76. The Labute approximate surface area is 147 Å². The van der Waals surface area contributed by atoms with Crippen LogP contribution in [0, 0.1) is 13.8 Å². The summed E-state index contributed by atoms with van der Waals surface area (Å²) in [5.41, 5.74) is 1.63. The van der Waals surface area contributed by atoms with Gasteiger partial charge in [-0.05, 0) is 37.6 Å². The van der Waals surface area contributed by atoms with Crippen molar-refractivity contribution in [2.75, 3.05) is 17.7 Å². The van der Waals surface area contributed by atoms with Gasteiger partial charge in [0, 0.05) is 10.6 Å². The molecule has 8 heteroatoms. The van der Waals surface area contributed by atoms with Crippen LogP contribution in [0.1, 0.15) is 20.8 Å². The lowest BCUT2D eigenvalue weighted by atomic mass is 10.1. The number of thiophene rings is 1. The highest BCUT2D eigenvalue weighted by Crippen LogP contribution is 2.33. The van der Waals surface area contributed by atoms with E-state index in [1.807, 2.05) is 6.92 Å². The number of urea groups is 1. The van der Waals surface area contributed by atoms with Crippen LogP contribution in [0.2, 0.25) is 10.0 Å². The predicted molar refractivity (Wildman–Crippen MR) is 94.2 cm³/mol. The third-order valence-corrected chi connectivity index (χ3v) is 5.04. The fourth-order valence-corrected chi connectivity index (χ4v) is 3.24. The number of carbonyl (C=O) groups is 2. The third-order valence-electron chi connectivity index (χ3n) is 3.18. The molecule has 122 valence electrons. The Kier molecular flexibility index (Phi) is 5.51. The summed E-state index contributed by atoms with van der Waals surface area (Å²) in [6.45, 7) is 3.68. The van der Waals surface area contributed by atoms with Gasteiger partial charge in [0.1, 0.15) is 5.00 Å². The van der Waals surface area contributed by atoms with Crippen molar-refractivity contribution in [1.82, 2.24) is 0 Å². The van der Waals surface area contributed by atoms with Gasteiger partial charge in [0.2, 0.25) is 0 Å². The molecule has 2 aromatic rings. The lowest BCUT2D eigenvalue weighted by Gasteiger charge is -2.08. The van der Waals surface area contributed by atoms with Crippen LogP contribution in [-0.2, 0) is 4.74 Å². The highest BCUT2D eigenvalue weighted by molar-refractivity contribution is 7.16. The highest BCUT2D eigenvalue weighted by atomic mass is 35.5. The minimum Gasteiger partial charge on any atom is -0.465 e. The summed E-state index contributed by atoms with van der Waals surface area (Å²) in [7, 11) is 1.30. The maximum atomic E-state index is 12.1. The molecule has 23 heavy (non-hydrogen) atoms. The SMILES string of the molecule is COC(=O)c1c(NC(=O)Nc2ccc(Cl)c(Cl)c2)sc(C)c1C. The summed E-state index contributed by atoms with van der Waals surface area (Å²) in [6, 6.07) is 4.25. The average Bonchev–Trinajstić information content (AvgIpc) is 2.76. The Morgan fingerprint density at radius 1 is 1.13 bits per heavy atom. The number of benzene rings is 1. The number of hydrogen-bond acceptors (Lipinski definition) is 4. The van der Waals surface area contributed by atoms with E-state index in [9.17, 15) is 9.59 Å². The second kappa shape index (κ2) is 7.21. The molecule has 0 spiro atoms. The van der Waals surface area contributed by atoms with Gasteiger partial charge in [-0.15, -0.1) is 11.3 Å². The molecule has 0 bridgehead atoms. The highest BCUT2D eigenvalue weighted by Gasteiger charge is 2.21. The van der Waals surface area contributed by atoms with E-state index in [-0.39, 0.29) is 0 Å². The molecule has 1 heterocycles. The number of rotatable bonds is 3. The van der Waals surface area contributed by atoms with Crippen LogP contribution in [-0.4, -0.2) is 19.1 Å². The number of carbonyl (C=O) groups excluding carboxylic acids is 2. The molecule has 5 nitrogen and oxygen atoms in total. The summed E-state index contributed by atoms with van der Waals surface area (Å²) >= 11 is 13.0. The minimum atomic E-state index is -0.491. The fourth-order valence-electron chi connectivity index (χ4n) is 1.90. The molecule has 0 fully saturated rings. The van der Waals surface area contributed by atoms with E-state index >= 15 is 0 Å². The number of aryl methyl sites for hydroxylation is 1. The van der Waals surface area contributed by atoms with Crippen molar-refractivity contribution in [2.45, 2.75) is 13.8 Å². The molecule has 2 N–H and O–H groups in total. The molecule has 1 aromatic heterocycles. The molecule has 0 unspecified atom stereocenters. The smallest absolute Gasteiger partial charge is 0.341 e. The summed E-state index contributed by atoms with van der Waals surface area (Å²) in [4.78, 5) is 24.9. The number of ether oxygens (including phenoxy) is 1. The second-order valence-corrected chi connectivity index (χ2v) is 6.73. The maximum Gasteiger partial charge on any atom is 0.341 e. The molecule has 2 rings (SSSR count). The number of anilines is 2. The van der Waals surface area contributed by atoms with E-state index in [0.717, 1.165) is 10.4 Å². The van der Waals surface area contributed by atoms with Gasteiger partial charge in [-0.1, -0.05) is 23.2 Å². The van der Waals surface area contributed by atoms with Gasteiger partial charge >= 0.3 is 12.0 Å². The van der Waals surface area contributed by atoms with Gasteiger partial charge in [-0.3, -0.25) is 5.32 Å². The predicted octanol–water partition coefficient (Wildman–Crippen LogP) is 5.10. The lowest BCUT2D eigenvalue weighted by molar-refractivity contribution is 0.0601. The van der Waals surface area contributed by atoms with E-state index < -0.39 is 12.0 Å². The minimum absolute atomic E-state index is 0.336. The molecule has 2 amide bonds. The molecular formula is C15H14Cl2N2O3S. The van der Waals surface area contributed by atoms with Crippen LogP contribution in [0.3, 0.4) is 0 Å². The zero-order chi connectivity index (χ0) is 17.1. The van der Waals surface area contributed by atoms with Crippen molar-refractivity contribution in [3.63, 3.8) is 0 Å². The summed E-state index contributed by atoms with van der Waals surface area (Å²) in [5.74, 6) is -0.489. The number of methoxy groups -OCH3 is 1. The molecule has 1 aromatic carbocycles. The second-order valence-electron chi connectivity index (χ2n) is 4.69. The molecule has 0 atom stereocenters. The molecule has 0 aliphatic carbocycles. The Hall–Kier alpha value is -1.76. The normalized spacial score (nSPS) is 10.3. The molecule has 0 radical (unpaired) electrons. The number of hydrogen-bond donors (Lipinski definition) is 2. The molecule has 0 aliphatic heterocycles. The number of halogens is 2. The first-order valence-corrected chi connectivity index (χ1v) is 8.12. The van der Waals surface area contributed by atoms with E-state index in [2.05, 4.69) is 10.6 Å². The van der Waals surface area contributed by atoms with Crippen molar-refractivity contribution in [3.05, 3.63) is 44.2 Å². The van der Waals surface area contributed by atoms with Crippen molar-refractivity contribution >= 4 is 57.2 Å². The van der Waals surface area contributed by atoms with Crippen molar-refractivity contribution < 1.29 is 14.3 Å². The standard InChI is InChI=1S/C15H14Cl2N2O3S/c1-7-8(2)23-13(12(7)14(20)22-3)19-15(21)18-9-4-5-10(16)11(17)6-9/h4-6H,1-3H3,(H2,18,19,21). The largest absolute Gasteiger partial charge is 0.465 e. The van der Waals surface area contributed by atoms with E-state index in [1.165, 1.54) is 24.5 Å². The Morgan fingerprint density at radius 2 is 1.83 bits per heavy atom. The van der Waals surface area contributed by atoms with Crippen LogP contribution in [0.4, 0.5) is 15.5 Å². The number of esters is 1. The average molecular weight is 373 g/mol. The summed E-state index contributed by atoms with van der Waals surface area (Å²) in [5, 5.41) is 6.46. The first-order chi connectivity index (χ1) is 10.8. The van der Waals surface area contributed by atoms with Gasteiger partial charge in [-0.2, -0.15) is 0 Å². The quantitative estimate of drug-likeness (QED) is 0.736. The van der Waals surface area contributed by atoms with Crippen LogP contribution in [0.15, 0.2) is 18.2 Å². The van der Waals surface area contributed by atoms with Crippen LogP contribution >= 0.6 is 34.5 Å². The zero-order valence-electron chi connectivity index (χ0n) is 12.6. The molecule has 0 aliphatic rings. The Morgan fingerprint density at radius 3 is 2.43 bits per heavy atom.